The van der Waals surface area contributed by atoms with E-state index in [1.807, 2.05) is 18.2 Å². The molecule has 122 valence electrons. The van der Waals surface area contributed by atoms with Crippen molar-refractivity contribution < 1.29 is 24.1 Å². The van der Waals surface area contributed by atoms with Gasteiger partial charge in [-0.05, 0) is 43.4 Å². The first-order valence-electron chi connectivity index (χ1n) is 7.70. The van der Waals surface area contributed by atoms with E-state index in [4.69, 9.17) is 9.47 Å². The van der Waals surface area contributed by atoms with Crippen molar-refractivity contribution in [1.29, 1.82) is 0 Å². The summed E-state index contributed by atoms with van der Waals surface area (Å²) in [4.78, 5) is 11.5. The first-order valence-corrected chi connectivity index (χ1v) is 7.70. The molecule has 0 amide bonds. The lowest BCUT2D eigenvalue weighted by Crippen LogP contribution is -2.14. The highest BCUT2D eigenvalue weighted by Crippen LogP contribution is 2.35. The fourth-order valence-corrected chi connectivity index (χ4v) is 2.80. The molecule has 0 aromatic heterocycles. The van der Waals surface area contributed by atoms with Gasteiger partial charge in [-0.25, -0.2) is 0 Å². The predicted octanol–water partition coefficient (Wildman–Crippen LogP) is 2.66. The number of carbonyl (C=O) groups is 1. The number of carbonyl (C=O) groups excluding carboxylic acids is 1. The topological polar surface area (TPSA) is 65.0 Å². The molecule has 1 saturated carbocycles. The van der Waals surface area contributed by atoms with Gasteiger partial charge in [-0.1, -0.05) is 6.07 Å². The van der Waals surface area contributed by atoms with Gasteiger partial charge < -0.3 is 19.3 Å². The average molecular weight is 308 g/mol. The fraction of sp³-hybridized carbons (Fsp3) is 0.588. The molecule has 1 fully saturated rings. The summed E-state index contributed by atoms with van der Waals surface area (Å²) in [6.07, 6.45) is 4.85. The van der Waals surface area contributed by atoms with E-state index in [1.54, 1.807) is 7.11 Å². The quantitative estimate of drug-likeness (QED) is 0.785. The smallest absolute Gasteiger partial charge is 0.306 e. The second kappa shape index (κ2) is 8.03. The van der Waals surface area contributed by atoms with Crippen molar-refractivity contribution >= 4 is 5.97 Å². The zero-order valence-electron chi connectivity index (χ0n) is 13.2. The van der Waals surface area contributed by atoms with Crippen molar-refractivity contribution in [3.05, 3.63) is 23.8 Å². The third kappa shape index (κ3) is 4.13. The molecule has 5 heteroatoms. The van der Waals surface area contributed by atoms with Gasteiger partial charge in [-0.15, -0.1) is 0 Å². The monoisotopic (exact) mass is 308 g/mol. The molecule has 1 aromatic carbocycles. The lowest BCUT2D eigenvalue weighted by atomic mass is 9.96. The Morgan fingerprint density at radius 1 is 1.27 bits per heavy atom. The number of ether oxygens (including phenoxy) is 3. The Hall–Kier alpha value is -1.75. The van der Waals surface area contributed by atoms with Crippen LogP contribution in [0.4, 0.5) is 0 Å². The molecule has 0 heterocycles. The Kier molecular flexibility index (Phi) is 6.07. The van der Waals surface area contributed by atoms with Gasteiger partial charge in [0.05, 0.1) is 33.4 Å². The second-order valence-electron chi connectivity index (χ2n) is 5.59. The SMILES string of the molecule is COC(=O)C[C@@H](CO)c1ccc(OC)c(OC2CCCC2)c1. The summed E-state index contributed by atoms with van der Waals surface area (Å²) in [5.74, 6) is 0.707. The molecule has 0 aliphatic heterocycles. The van der Waals surface area contributed by atoms with Crippen molar-refractivity contribution in [1.82, 2.24) is 0 Å². The highest BCUT2D eigenvalue weighted by atomic mass is 16.5. The van der Waals surface area contributed by atoms with Crippen LogP contribution in [0.5, 0.6) is 11.5 Å². The molecule has 0 bridgehead atoms. The van der Waals surface area contributed by atoms with Crippen LogP contribution in [0, 0.1) is 0 Å². The molecule has 1 aliphatic rings. The molecule has 1 aromatic rings. The summed E-state index contributed by atoms with van der Waals surface area (Å²) >= 11 is 0. The molecule has 1 N–H and O–H groups in total. The van der Waals surface area contributed by atoms with E-state index in [1.165, 1.54) is 20.0 Å². The third-order valence-corrected chi connectivity index (χ3v) is 4.12. The average Bonchev–Trinajstić information content (AvgIpc) is 3.05. The molecular formula is C17H24O5. The second-order valence-corrected chi connectivity index (χ2v) is 5.59. The zero-order chi connectivity index (χ0) is 15.9. The van der Waals surface area contributed by atoms with Gasteiger partial charge in [0.2, 0.25) is 0 Å². The Morgan fingerprint density at radius 3 is 2.59 bits per heavy atom. The lowest BCUT2D eigenvalue weighted by Gasteiger charge is -2.19. The van der Waals surface area contributed by atoms with Gasteiger partial charge in [-0.2, -0.15) is 0 Å². The number of benzene rings is 1. The van der Waals surface area contributed by atoms with E-state index in [2.05, 4.69) is 4.74 Å². The molecule has 1 aliphatic carbocycles. The zero-order valence-corrected chi connectivity index (χ0v) is 13.2. The fourth-order valence-electron chi connectivity index (χ4n) is 2.80. The number of rotatable bonds is 7. The van der Waals surface area contributed by atoms with Crippen molar-refractivity contribution in [2.75, 3.05) is 20.8 Å². The number of methoxy groups -OCH3 is 2. The largest absolute Gasteiger partial charge is 0.493 e. The van der Waals surface area contributed by atoms with Crippen LogP contribution in [-0.4, -0.2) is 38.0 Å². The van der Waals surface area contributed by atoms with E-state index < -0.39 is 0 Å². The van der Waals surface area contributed by atoms with Gasteiger partial charge in [-0.3, -0.25) is 4.79 Å². The lowest BCUT2D eigenvalue weighted by molar-refractivity contribution is -0.141. The van der Waals surface area contributed by atoms with E-state index in [0.717, 1.165) is 18.4 Å². The minimum absolute atomic E-state index is 0.121. The van der Waals surface area contributed by atoms with Crippen molar-refractivity contribution in [2.24, 2.45) is 0 Å². The molecule has 0 saturated heterocycles. The summed E-state index contributed by atoms with van der Waals surface area (Å²) in [6, 6.07) is 5.53. The van der Waals surface area contributed by atoms with Crippen LogP contribution in [0.2, 0.25) is 0 Å². The maximum Gasteiger partial charge on any atom is 0.306 e. The van der Waals surface area contributed by atoms with Crippen LogP contribution in [-0.2, 0) is 9.53 Å². The Balaban J connectivity index is 2.18. The van der Waals surface area contributed by atoms with Crippen LogP contribution >= 0.6 is 0 Å². The maximum atomic E-state index is 11.5. The highest BCUT2D eigenvalue weighted by molar-refractivity contribution is 5.70. The Morgan fingerprint density at radius 2 is 2.00 bits per heavy atom. The molecule has 0 unspecified atom stereocenters. The summed E-state index contributed by atoms with van der Waals surface area (Å²) in [5.41, 5.74) is 0.849. The first kappa shape index (κ1) is 16.6. The van der Waals surface area contributed by atoms with Crippen LogP contribution < -0.4 is 9.47 Å². The molecule has 1 atom stereocenters. The maximum absolute atomic E-state index is 11.5. The molecule has 0 radical (unpaired) electrons. The summed E-state index contributed by atoms with van der Waals surface area (Å²) in [6.45, 7) is -0.121. The van der Waals surface area contributed by atoms with E-state index >= 15 is 0 Å². The molecule has 22 heavy (non-hydrogen) atoms. The third-order valence-electron chi connectivity index (χ3n) is 4.12. The highest BCUT2D eigenvalue weighted by Gasteiger charge is 2.21. The van der Waals surface area contributed by atoms with E-state index in [-0.39, 0.29) is 31.0 Å². The predicted molar refractivity (Wildman–Crippen MR) is 82.3 cm³/mol. The molecular weight excluding hydrogens is 284 g/mol. The van der Waals surface area contributed by atoms with Crippen LogP contribution in [0.25, 0.3) is 0 Å². The van der Waals surface area contributed by atoms with E-state index in [9.17, 15) is 9.90 Å². The first-order chi connectivity index (χ1) is 10.7. The van der Waals surface area contributed by atoms with Gasteiger partial charge in [0.1, 0.15) is 0 Å². The summed E-state index contributed by atoms with van der Waals surface area (Å²) in [7, 11) is 2.95. The molecule has 5 nitrogen and oxygen atoms in total. The Bertz CT molecular complexity index is 494. The van der Waals surface area contributed by atoms with Crippen molar-refractivity contribution in [3.8, 4) is 11.5 Å². The number of esters is 1. The van der Waals surface area contributed by atoms with Crippen LogP contribution in [0.15, 0.2) is 18.2 Å². The standard InChI is InChI=1S/C17H24O5/c1-20-15-8-7-12(13(11-18)10-17(19)21-2)9-16(15)22-14-5-3-4-6-14/h7-9,13-14,18H,3-6,10-11H2,1-2H3/t13-/m0/s1. The van der Waals surface area contributed by atoms with Crippen molar-refractivity contribution in [2.45, 2.75) is 44.1 Å². The van der Waals surface area contributed by atoms with Crippen LogP contribution in [0.1, 0.15) is 43.6 Å². The molecule has 0 spiro atoms. The van der Waals surface area contributed by atoms with Gasteiger partial charge in [0, 0.05) is 5.92 Å². The van der Waals surface area contributed by atoms with E-state index in [0.29, 0.717) is 11.5 Å². The normalized spacial score (nSPS) is 16.3. The number of hydrogen-bond acceptors (Lipinski definition) is 5. The minimum Gasteiger partial charge on any atom is -0.493 e. The van der Waals surface area contributed by atoms with Crippen molar-refractivity contribution in [3.63, 3.8) is 0 Å². The number of aliphatic hydroxyl groups excluding tert-OH is 1. The van der Waals surface area contributed by atoms with Gasteiger partial charge >= 0.3 is 5.97 Å². The Labute approximate surface area is 131 Å². The molecule has 2 rings (SSSR count). The van der Waals surface area contributed by atoms with Gasteiger partial charge in [0.25, 0.3) is 0 Å². The minimum atomic E-state index is -0.340. The number of aliphatic hydroxyl groups is 1. The van der Waals surface area contributed by atoms with Crippen LogP contribution in [0.3, 0.4) is 0 Å². The summed E-state index contributed by atoms with van der Waals surface area (Å²) in [5, 5.41) is 9.55. The summed E-state index contributed by atoms with van der Waals surface area (Å²) < 4.78 is 16.1. The van der Waals surface area contributed by atoms with Gasteiger partial charge in [0.15, 0.2) is 11.5 Å². The number of hydrogen-bond donors (Lipinski definition) is 1.